The molecule has 1 amide bonds. The Morgan fingerprint density at radius 1 is 1.53 bits per heavy atom. The monoisotopic (exact) mass is 208 g/mol. The van der Waals surface area contributed by atoms with Crippen LogP contribution < -0.4 is 5.56 Å². The van der Waals surface area contributed by atoms with Gasteiger partial charge in [-0.15, -0.1) is 0 Å². The predicted octanol–water partition coefficient (Wildman–Crippen LogP) is -0.418. The summed E-state index contributed by atoms with van der Waals surface area (Å²) in [5.74, 6) is -0.232. The normalized spacial score (nSPS) is 20.6. The second-order valence-electron chi connectivity index (χ2n) is 3.62. The van der Waals surface area contributed by atoms with E-state index < -0.39 is 6.10 Å². The fraction of sp³-hybridized carbons (Fsp3) is 0.400. The molecule has 0 saturated carbocycles. The first-order chi connectivity index (χ1) is 7.16. The first-order valence-electron chi connectivity index (χ1n) is 4.83. The average Bonchev–Trinajstić information content (AvgIpc) is 2.64. The maximum Gasteiger partial charge on any atom is 0.270 e. The third-order valence-corrected chi connectivity index (χ3v) is 2.45. The molecular weight excluding hydrogens is 196 g/mol. The van der Waals surface area contributed by atoms with Crippen molar-refractivity contribution in [3.63, 3.8) is 0 Å². The second-order valence-corrected chi connectivity index (χ2v) is 3.62. The minimum absolute atomic E-state index is 0.232. The summed E-state index contributed by atoms with van der Waals surface area (Å²) in [5, 5.41) is 9.28. The molecule has 0 bridgehead atoms. The number of hydrogen-bond donors (Lipinski definition) is 2. The van der Waals surface area contributed by atoms with Gasteiger partial charge in [-0.05, 0) is 12.5 Å². The van der Waals surface area contributed by atoms with Crippen LogP contribution in [0.5, 0.6) is 0 Å². The number of aliphatic hydroxyl groups is 1. The Bertz CT molecular complexity index is 427. The van der Waals surface area contributed by atoms with Crippen molar-refractivity contribution in [3.8, 4) is 0 Å². The molecule has 1 fully saturated rings. The molecule has 80 valence electrons. The Kier molecular flexibility index (Phi) is 2.55. The van der Waals surface area contributed by atoms with Crippen molar-refractivity contribution in [2.75, 3.05) is 13.1 Å². The zero-order valence-corrected chi connectivity index (χ0v) is 8.14. The SMILES string of the molecule is O=C(c1cccc(=O)[nH]1)N1CC[C@H](O)C1. The van der Waals surface area contributed by atoms with E-state index in [0.717, 1.165) is 0 Å². The van der Waals surface area contributed by atoms with Gasteiger partial charge in [-0.25, -0.2) is 0 Å². The van der Waals surface area contributed by atoms with Gasteiger partial charge >= 0.3 is 0 Å². The number of hydrogen-bond acceptors (Lipinski definition) is 3. The first kappa shape index (κ1) is 9.92. The lowest BCUT2D eigenvalue weighted by Crippen LogP contribution is -2.31. The molecule has 0 spiro atoms. The zero-order valence-electron chi connectivity index (χ0n) is 8.14. The highest BCUT2D eigenvalue weighted by Gasteiger charge is 2.25. The lowest BCUT2D eigenvalue weighted by Gasteiger charge is -2.14. The summed E-state index contributed by atoms with van der Waals surface area (Å²) < 4.78 is 0. The van der Waals surface area contributed by atoms with Crippen LogP contribution in [0.25, 0.3) is 0 Å². The molecule has 0 aliphatic carbocycles. The van der Waals surface area contributed by atoms with E-state index in [-0.39, 0.29) is 17.2 Å². The van der Waals surface area contributed by atoms with Crippen molar-refractivity contribution in [2.24, 2.45) is 0 Å². The molecule has 2 N–H and O–H groups in total. The van der Waals surface area contributed by atoms with Gasteiger partial charge in [-0.3, -0.25) is 9.59 Å². The van der Waals surface area contributed by atoms with Crippen LogP contribution in [0, 0.1) is 0 Å². The van der Waals surface area contributed by atoms with Gasteiger partial charge in [0.15, 0.2) is 0 Å². The fourth-order valence-electron chi connectivity index (χ4n) is 1.67. The molecule has 1 saturated heterocycles. The van der Waals surface area contributed by atoms with Crippen LogP contribution in [0.3, 0.4) is 0 Å². The molecule has 1 aliphatic heterocycles. The molecule has 1 aromatic rings. The third kappa shape index (κ3) is 2.07. The summed E-state index contributed by atoms with van der Waals surface area (Å²) in [7, 11) is 0. The predicted molar refractivity (Wildman–Crippen MR) is 53.6 cm³/mol. The van der Waals surface area contributed by atoms with Gasteiger partial charge in [-0.2, -0.15) is 0 Å². The molecule has 5 nitrogen and oxygen atoms in total. The van der Waals surface area contributed by atoms with Crippen LogP contribution in [0.2, 0.25) is 0 Å². The molecule has 0 aromatic carbocycles. The van der Waals surface area contributed by atoms with Crippen molar-refractivity contribution >= 4 is 5.91 Å². The van der Waals surface area contributed by atoms with E-state index >= 15 is 0 Å². The fourth-order valence-corrected chi connectivity index (χ4v) is 1.67. The molecule has 15 heavy (non-hydrogen) atoms. The van der Waals surface area contributed by atoms with Crippen molar-refractivity contribution in [1.29, 1.82) is 0 Å². The van der Waals surface area contributed by atoms with E-state index in [9.17, 15) is 14.7 Å². The van der Waals surface area contributed by atoms with E-state index in [1.165, 1.54) is 11.0 Å². The smallest absolute Gasteiger partial charge is 0.270 e. The summed E-state index contributed by atoms with van der Waals surface area (Å²) in [4.78, 5) is 26.8. The van der Waals surface area contributed by atoms with Gasteiger partial charge in [-0.1, -0.05) is 6.07 Å². The summed E-state index contributed by atoms with van der Waals surface area (Å²) in [6.45, 7) is 0.882. The number of likely N-dealkylation sites (tertiary alicyclic amines) is 1. The van der Waals surface area contributed by atoms with E-state index in [0.29, 0.717) is 19.5 Å². The van der Waals surface area contributed by atoms with Gasteiger partial charge in [0.25, 0.3) is 5.91 Å². The highest BCUT2D eigenvalue weighted by molar-refractivity contribution is 5.92. The third-order valence-electron chi connectivity index (χ3n) is 2.45. The maximum atomic E-state index is 11.8. The van der Waals surface area contributed by atoms with Crippen molar-refractivity contribution in [1.82, 2.24) is 9.88 Å². The van der Waals surface area contributed by atoms with Crippen molar-refractivity contribution in [2.45, 2.75) is 12.5 Å². The molecular formula is C10H12N2O3. The lowest BCUT2D eigenvalue weighted by molar-refractivity contribution is 0.0759. The highest BCUT2D eigenvalue weighted by atomic mass is 16.3. The number of aliphatic hydroxyl groups excluding tert-OH is 1. The second kappa shape index (κ2) is 3.86. The van der Waals surface area contributed by atoms with Gasteiger partial charge in [0.1, 0.15) is 5.69 Å². The Morgan fingerprint density at radius 2 is 2.33 bits per heavy atom. The standard InChI is InChI=1S/C10H12N2O3/c13-7-4-5-12(6-7)10(15)8-2-1-3-9(14)11-8/h1-3,7,13H,4-6H2,(H,11,14)/t7-/m0/s1. The number of nitrogens with one attached hydrogen (secondary N) is 1. The van der Waals surface area contributed by atoms with Crippen LogP contribution in [0.15, 0.2) is 23.0 Å². The van der Waals surface area contributed by atoms with Gasteiger partial charge in [0.05, 0.1) is 6.10 Å². The van der Waals surface area contributed by atoms with E-state index in [1.54, 1.807) is 12.1 Å². The number of H-pyrrole nitrogens is 1. The Labute approximate surface area is 86.3 Å². The number of carbonyl (C=O) groups excluding carboxylic acids is 1. The number of amides is 1. The zero-order chi connectivity index (χ0) is 10.8. The van der Waals surface area contributed by atoms with Gasteiger partial charge < -0.3 is 15.0 Å². The van der Waals surface area contributed by atoms with E-state index in [1.807, 2.05) is 0 Å². The summed E-state index contributed by atoms with van der Waals surface area (Å²) in [6.07, 6.45) is 0.160. The van der Waals surface area contributed by atoms with Crippen LogP contribution in [0.4, 0.5) is 0 Å². The van der Waals surface area contributed by atoms with Crippen LogP contribution in [-0.4, -0.2) is 40.1 Å². The van der Waals surface area contributed by atoms with E-state index in [2.05, 4.69) is 4.98 Å². The van der Waals surface area contributed by atoms with Gasteiger partial charge in [0.2, 0.25) is 5.56 Å². The minimum atomic E-state index is -0.440. The average molecular weight is 208 g/mol. The molecule has 5 heteroatoms. The van der Waals surface area contributed by atoms with Crippen LogP contribution in [0.1, 0.15) is 16.9 Å². The Hall–Kier alpha value is -1.62. The Balaban J connectivity index is 2.18. The summed E-state index contributed by atoms with van der Waals surface area (Å²) in [5.41, 5.74) is -0.0165. The number of rotatable bonds is 1. The largest absolute Gasteiger partial charge is 0.391 e. The number of aromatic nitrogens is 1. The highest BCUT2D eigenvalue weighted by Crippen LogP contribution is 2.11. The topological polar surface area (TPSA) is 73.4 Å². The Morgan fingerprint density at radius 3 is 2.93 bits per heavy atom. The van der Waals surface area contributed by atoms with Crippen LogP contribution >= 0.6 is 0 Å². The quantitative estimate of drug-likeness (QED) is 0.658. The number of pyridine rings is 1. The molecule has 2 rings (SSSR count). The van der Waals surface area contributed by atoms with Crippen molar-refractivity contribution < 1.29 is 9.90 Å². The summed E-state index contributed by atoms with van der Waals surface area (Å²) >= 11 is 0. The molecule has 1 aliphatic rings. The minimum Gasteiger partial charge on any atom is -0.391 e. The maximum absolute atomic E-state index is 11.8. The van der Waals surface area contributed by atoms with Crippen LogP contribution in [-0.2, 0) is 0 Å². The van der Waals surface area contributed by atoms with Crippen molar-refractivity contribution in [3.05, 3.63) is 34.2 Å². The van der Waals surface area contributed by atoms with Gasteiger partial charge in [0, 0.05) is 19.2 Å². The molecule has 1 aromatic heterocycles. The molecule has 1 atom stereocenters. The number of nitrogens with zero attached hydrogens (tertiary/aromatic N) is 1. The summed E-state index contributed by atoms with van der Waals surface area (Å²) in [6, 6.07) is 4.46. The van der Waals surface area contributed by atoms with E-state index in [4.69, 9.17) is 0 Å². The number of β-amino-alcohol motifs (C(OH)–C–C–N with tert-alkyl or cyclic N) is 1. The number of carbonyl (C=O) groups is 1. The molecule has 2 heterocycles. The first-order valence-corrected chi connectivity index (χ1v) is 4.83. The number of aromatic amines is 1. The molecule has 0 radical (unpaired) electrons. The molecule has 0 unspecified atom stereocenters. The lowest BCUT2D eigenvalue weighted by atomic mass is 10.3.